The number of carbonyl (C=O) groups excluding carboxylic acids is 1. The monoisotopic (exact) mass is 291 g/mol. The van der Waals surface area contributed by atoms with E-state index in [0.717, 1.165) is 36.8 Å². The summed E-state index contributed by atoms with van der Waals surface area (Å²) in [6, 6.07) is 3.82. The van der Waals surface area contributed by atoms with Gasteiger partial charge in [0.05, 0.1) is 26.4 Å². The molecule has 0 bridgehead atoms. The average Bonchev–Trinajstić information content (AvgIpc) is 2.97. The second-order valence-corrected chi connectivity index (χ2v) is 5.20. The number of aliphatic imine (C=N–C) groups is 1. The van der Waals surface area contributed by atoms with Crippen LogP contribution in [0.5, 0.6) is 11.5 Å². The molecule has 1 saturated carbocycles. The lowest BCUT2D eigenvalue weighted by atomic mass is 9.85. The normalized spacial score (nSPS) is 16.3. The second-order valence-electron chi connectivity index (χ2n) is 5.20. The summed E-state index contributed by atoms with van der Waals surface area (Å²) in [5.41, 5.74) is 1.36. The molecule has 2 rings (SSSR count). The van der Waals surface area contributed by atoms with Gasteiger partial charge in [0, 0.05) is 12.7 Å². The smallest absolute Gasteiger partial charge is 0.235 e. The van der Waals surface area contributed by atoms with Crippen molar-refractivity contribution in [3.8, 4) is 11.5 Å². The van der Waals surface area contributed by atoms with E-state index in [2.05, 4.69) is 4.99 Å². The summed E-state index contributed by atoms with van der Waals surface area (Å²) >= 11 is 0. The van der Waals surface area contributed by atoms with Crippen molar-refractivity contribution < 1.29 is 19.0 Å². The largest absolute Gasteiger partial charge is 0.493 e. The highest BCUT2D eigenvalue weighted by molar-refractivity contribution is 5.54. The molecular weight excluding hydrogens is 270 g/mol. The van der Waals surface area contributed by atoms with Gasteiger partial charge in [0.25, 0.3) is 0 Å². The molecule has 0 saturated heterocycles. The molecule has 1 aliphatic carbocycles. The van der Waals surface area contributed by atoms with Gasteiger partial charge in [-0.15, -0.1) is 0 Å². The number of nitrogens with zero attached hydrogens (tertiary/aromatic N) is 1. The van der Waals surface area contributed by atoms with Crippen LogP contribution in [0.15, 0.2) is 17.1 Å². The SMILES string of the molecule is COCc1c(C2(N=C=O)CCCC2)ccc(OC)c1OC. The average molecular weight is 291 g/mol. The molecule has 0 atom stereocenters. The first-order valence-electron chi connectivity index (χ1n) is 7.04. The molecule has 0 N–H and O–H groups in total. The maximum absolute atomic E-state index is 10.9. The molecule has 0 heterocycles. The zero-order chi connectivity index (χ0) is 15.3. The summed E-state index contributed by atoms with van der Waals surface area (Å²) in [5.74, 6) is 1.29. The van der Waals surface area contributed by atoms with Crippen LogP contribution in [0.4, 0.5) is 0 Å². The van der Waals surface area contributed by atoms with Crippen molar-refractivity contribution in [2.45, 2.75) is 37.8 Å². The molecule has 1 aromatic carbocycles. The van der Waals surface area contributed by atoms with Crippen molar-refractivity contribution in [2.24, 2.45) is 4.99 Å². The third kappa shape index (κ3) is 2.80. The van der Waals surface area contributed by atoms with Gasteiger partial charge in [0.15, 0.2) is 11.5 Å². The minimum atomic E-state index is -0.505. The van der Waals surface area contributed by atoms with Crippen LogP contribution in [-0.2, 0) is 21.7 Å². The zero-order valence-corrected chi connectivity index (χ0v) is 12.8. The number of methoxy groups -OCH3 is 3. The van der Waals surface area contributed by atoms with Crippen LogP contribution in [-0.4, -0.2) is 27.4 Å². The maximum atomic E-state index is 10.9. The van der Waals surface area contributed by atoms with Crippen LogP contribution < -0.4 is 9.47 Å². The Bertz CT molecular complexity index is 543. The van der Waals surface area contributed by atoms with Gasteiger partial charge in [-0.25, -0.2) is 4.79 Å². The van der Waals surface area contributed by atoms with E-state index in [1.807, 2.05) is 12.1 Å². The molecule has 1 aromatic rings. The van der Waals surface area contributed by atoms with Gasteiger partial charge in [-0.2, -0.15) is 4.99 Å². The number of benzene rings is 1. The molecule has 5 nitrogen and oxygen atoms in total. The minimum Gasteiger partial charge on any atom is -0.493 e. The van der Waals surface area contributed by atoms with Crippen molar-refractivity contribution in [1.82, 2.24) is 0 Å². The molecule has 114 valence electrons. The number of isocyanates is 1. The highest BCUT2D eigenvalue weighted by atomic mass is 16.5. The number of hydrogen-bond donors (Lipinski definition) is 0. The summed E-state index contributed by atoms with van der Waals surface area (Å²) in [6.07, 6.45) is 5.53. The maximum Gasteiger partial charge on any atom is 0.235 e. The van der Waals surface area contributed by atoms with Crippen LogP contribution in [0.3, 0.4) is 0 Å². The van der Waals surface area contributed by atoms with Crippen molar-refractivity contribution in [3.05, 3.63) is 23.3 Å². The Balaban J connectivity index is 2.64. The van der Waals surface area contributed by atoms with E-state index >= 15 is 0 Å². The van der Waals surface area contributed by atoms with E-state index in [-0.39, 0.29) is 0 Å². The van der Waals surface area contributed by atoms with E-state index in [0.29, 0.717) is 18.1 Å². The molecular formula is C16H21NO4. The third-order valence-electron chi connectivity index (χ3n) is 4.13. The van der Waals surface area contributed by atoms with Crippen molar-refractivity contribution in [2.75, 3.05) is 21.3 Å². The Labute approximate surface area is 124 Å². The Morgan fingerprint density at radius 3 is 2.43 bits per heavy atom. The summed E-state index contributed by atoms with van der Waals surface area (Å²) < 4.78 is 16.2. The zero-order valence-electron chi connectivity index (χ0n) is 12.8. The van der Waals surface area contributed by atoms with Crippen LogP contribution in [0.1, 0.15) is 36.8 Å². The summed E-state index contributed by atoms with van der Waals surface area (Å²) in [5, 5.41) is 0. The molecule has 1 aliphatic rings. The molecule has 0 aromatic heterocycles. The summed E-state index contributed by atoms with van der Waals surface area (Å²) in [6.45, 7) is 0.381. The molecule has 5 heteroatoms. The van der Waals surface area contributed by atoms with Crippen molar-refractivity contribution in [1.29, 1.82) is 0 Å². The predicted octanol–water partition coefficient (Wildman–Crippen LogP) is 2.96. The predicted molar refractivity (Wildman–Crippen MR) is 78.5 cm³/mol. The molecule has 0 radical (unpaired) electrons. The molecule has 0 amide bonds. The lowest BCUT2D eigenvalue weighted by Crippen LogP contribution is -2.22. The number of rotatable bonds is 6. The van der Waals surface area contributed by atoms with Crippen molar-refractivity contribution >= 4 is 6.08 Å². The number of hydrogen-bond acceptors (Lipinski definition) is 5. The Morgan fingerprint density at radius 2 is 1.90 bits per heavy atom. The topological polar surface area (TPSA) is 57.1 Å². The highest BCUT2D eigenvalue weighted by Crippen LogP contribution is 2.47. The van der Waals surface area contributed by atoms with Gasteiger partial charge in [0.2, 0.25) is 6.08 Å². The van der Waals surface area contributed by atoms with Gasteiger partial charge in [-0.05, 0) is 24.5 Å². The molecule has 0 aliphatic heterocycles. The number of ether oxygens (including phenoxy) is 3. The van der Waals surface area contributed by atoms with Crippen LogP contribution >= 0.6 is 0 Å². The molecule has 1 fully saturated rings. The fraction of sp³-hybridized carbons (Fsp3) is 0.562. The van der Waals surface area contributed by atoms with Crippen LogP contribution in [0, 0.1) is 0 Å². The van der Waals surface area contributed by atoms with Gasteiger partial charge < -0.3 is 14.2 Å². The van der Waals surface area contributed by atoms with Crippen LogP contribution in [0.2, 0.25) is 0 Å². The first-order valence-corrected chi connectivity index (χ1v) is 7.04. The fourth-order valence-corrected chi connectivity index (χ4v) is 3.20. The molecule has 0 spiro atoms. The van der Waals surface area contributed by atoms with Gasteiger partial charge in [-0.1, -0.05) is 18.9 Å². The third-order valence-corrected chi connectivity index (χ3v) is 4.13. The Hall–Kier alpha value is -1.84. The standard InChI is InChI=1S/C16H21NO4/c1-19-10-12-13(6-7-14(20-2)15(12)21-3)16(17-11-18)8-4-5-9-16/h6-7H,4-5,8-10H2,1-3H3. The van der Waals surface area contributed by atoms with E-state index in [9.17, 15) is 4.79 Å². The molecule has 21 heavy (non-hydrogen) atoms. The van der Waals surface area contributed by atoms with E-state index < -0.39 is 5.54 Å². The minimum absolute atomic E-state index is 0.381. The summed E-state index contributed by atoms with van der Waals surface area (Å²) in [4.78, 5) is 15.0. The van der Waals surface area contributed by atoms with E-state index in [1.165, 1.54) is 0 Å². The first-order chi connectivity index (χ1) is 10.2. The fourth-order valence-electron chi connectivity index (χ4n) is 3.20. The first kappa shape index (κ1) is 15.5. The van der Waals surface area contributed by atoms with Gasteiger partial charge >= 0.3 is 0 Å². The lowest BCUT2D eigenvalue weighted by Gasteiger charge is -2.27. The highest BCUT2D eigenvalue weighted by Gasteiger charge is 2.38. The summed E-state index contributed by atoms with van der Waals surface area (Å²) in [7, 11) is 4.83. The quantitative estimate of drug-likeness (QED) is 0.597. The Morgan fingerprint density at radius 1 is 1.19 bits per heavy atom. The second kappa shape index (κ2) is 6.74. The van der Waals surface area contributed by atoms with Crippen LogP contribution in [0.25, 0.3) is 0 Å². The molecule has 0 unspecified atom stereocenters. The Kier molecular flexibility index (Phi) is 4.99. The van der Waals surface area contributed by atoms with Gasteiger partial charge in [-0.3, -0.25) is 0 Å². The van der Waals surface area contributed by atoms with Crippen molar-refractivity contribution in [3.63, 3.8) is 0 Å². The van der Waals surface area contributed by atoms with E-state index in [4.69, 9.17) is 14.2 Å². The van der Waals surface area contributed by atoms with E-state index in [1.54, 1.807) is 27.4 Å². The lowest BCUT2D eigenvalue weighted by molar-refractivity contribution is 0.178. The van der Waals surface area contributed by atoms with Gasteiger partial charge in [0.1, 0.15) is 0 Å².